The Kier molecular flexibility index (Phi) is 6.81. The number of hydrogen-bond acceptors (Lipinski definition) is 2. The Balaban J connectivity index is 2.44. The zero-order chi connectivity index (χ0) is 13.4. The third kappa shape index (κ3) is 5.09. The van der Waals surface area contributed by atoms with Gasteiger partial charge in [0.15, 0.2) is 0 Å². The van der Waals surface area contributed by atoms with Gasteiger partial charge in [0, 0.05) is 24.8 Å². The summed E-state index contributed by atoms with van der Waals surface area (Å²) in [5, 5.41) is 3.55. The Hall–Kier alpha value is -1.02. The molecule has 0 aliphatic carbocycles. The van der Waals surface area contributed by atoms with Gasteiger partial charge in [0.1, 0.15) is 0 Å². The molecule has 1 atom stereocenters. The van der Waals surface area contributed by atoms with Gasteiger partial charge in [0.05, 0.1) is 0 Å². The molecule has 1 aromatic rings. The quantitative estimate of drug-likeness (QED) is 0.756. The number of hydrogen-bond donors (Lipinski definition) is 1. The molecule has 0 spiro atoms. The molecular weight excluding hydrogens is 220 g/mol. The van der Waals surface area contributed by atoms with Crippen molar-refractivity contribution in [1.82, 2.24) is 5.32 Å². The molecule has 0 amide bonds. The van der Waals surface area contributed by atoms with Crippen LogP contribution in [0.5, 0.6) is 0 Å². The first-order valence-electron chi connectivity index (χ1n) is 7.22. The smallest absolute Gasteiger partial charge is 0.0366 e. The van der Waals surface area contributed by atoms with Crippen molar-refractivity contribution in [2.75, 3.05) is 24.5 Å². The van der Waals surface area contributed by atoms with E-state index in [1.165, 1.54) is 24.1 Å². The Morgan fingerprint density at radius 2 is 1.83 bits per heavy atom. The molecule has 0 fully saturated rings. The highest BCUT2D eigenvalue weighted by Crippen LogP contribution is 2.15. The number of anilines is 1. The van der Waals surface area contributed by atoms with Crippen molar-refractivity contribution in [3.63, 3.8) is 0 Å². The lowest BCUT2D eigenvalue weighted by molar-refractivity contribution is 0.511. The van der Waals surface area contributed by atoms with Gasteiger partial charge in [0.2, 0.25) is 0 Å². The summed E-state index contributed by atoms with van der Waals surface area (Å²) in [7, 11) is 0. The second-order valence-corrected chi connectivity index (χ2v) is 5.06. The Bertz CT molecular complexity index is 318. The number of nitrogens with zero attached hydrogens (tertiary/aromatic N) is 1. The van der Waals surface area contributed by atoms with Crippen molar-refractivity contribution in [3.8, 4) is 0 Å². The van der Waals surface area contributed by atoms with Gasteiger partial charge in [-0.3, -0.25) is 0 Å². The third-order valence-corrected chi connectivity index (χ3v) is 3.36. The molecule has 1 N–H and O–H groups in total. The average Bonchev–Trinajstić information content (AvgIpc) is 2.39. The lowest BCUT2D eigenvalue weighted by Crippen LogP contribution is -2.32. The fourth-order valence-corrected chi connectivity index (χ4v) is 2.07. The van der Waals surface area contributed by atoms with Crippen LogP contribution in [-0.2, 0) is 0 Å². The summed E-state index contributed by atoms with van der Waals surface area (Å²) in [5.74, 6) is 0. The predicted octanol–water partition coefficient (Wildman–Crippen LogP) is 3.60. The molecule has 0 saturated heterocycles. The van der Waals surface area contributed by atoms with Gasteiger partial charge in [-0.1, -0.05) is 24.6 Å². The van der Waals surface area contributed by atoms with Gasteiger partial charge in [0.25, 0.3) is 0 Å². The highest BCUT2D eigenvalue weighted by atomic mass is 15.1. The third-order valence-electron chi connectivity index (χ3n) is 3.36. The first-order chi connectivity index (χ1) is 8.67. The minimum absolute atomic E-state index is 0.601. The van der Waals surface area contributed by atoms with Crippen molar-refractivity contribution in [2.45, 2.75) is 46.6 Å². The molecule has 102 valence electrons. The maximum absolute atomic E-state index is 3.55. The van der Waals surface area contributed by atoms with Crippen LogP contribution in [0.1, 0.15) is 39.2 Å². The summed E-state index contributed by atoms with van der Waals surface area (Å²) in [6.07, 6.45) is 2.40. The Morgan fingerprint density at radius 3 is 2.39 bits per heavy atom. The van der Waals surface area contributed by atoms with E-state index in [1.54, 1.807) is 0 Å². The van der Waals surface area contributed by atoms with Gasteiger partial charge in [-0.25, -0.2) is 0 Å². The van der Waals surface area contributed by atoms with Crippen LogP contribution >= 0.6 is 0 Å². The fourth-order valence-electron chi connectivity index (χ4n) is 2.07. The van der Waals surface area contributed by atoms with Crippen molar-refractivity contribution in [2.24, 2.45) is 0 Å². The van der Waals surface area contributed by atoms with Gasteiger partial charge >= 0.3 is 0 Å². The number of nitrogens with one attached hydrogen (secondary N) is 1. The molecule has 0 aliphatic rings. The maximum Gasteiger partial charge on any atom is 0.0366 e. The summed E-state index contributed by atoms with van der Waals surface area (Å²) in [5.41, 5.74) is 2.67. The van der Waals surface area contributed by atoms with Crippen LogP contribution in [0.3, 0.4) is 0 Å². The van der Waals surface area contributed by atoms with Crippen molar-refractivity contribution in [1.29, 1.82) is 0 Å². The van der Waals surface area contributed by atoms with Gasteiger partial charge < -0.3 is 10.2 Å². The minimum atomic E-state index is 0.601. The minimum Gasteiger partial charge on any atom is -0.372 e. The molecule has 18 heavy (non-hydrogen) atoms. The highest BCUT2D eigenvalue weighted by molar-refractivity contribution is 5.47. The monoisotopic (exact) mass is 248 g/mol. The Morgan fingerprint density at radius 1 is 1.17 bits per heavy atom. The summed E-state index contributed by atoms with van der Waals surface area (Å²) < 4.78 is 0. The summed E-state index contributed by atoms with van der Waals surface area (Å²) in [6.45, 7) is 12.2. The summed E-state index contributed by atoms with van der Waals surface area (Å²) >= 11 is 0. The van der Waals surface area contributed by atoms with Crippen LogP contribution in [0.4, 0.5) is 5.69 Å². The lowest BCUT2D eigenvalue weighted by Gasteiger charge is -2.25. The Labute approximate surface area is 112 Å². The highest BCUT2D eigenvalue weighted by Gasteiger charge is 2.06. The number of benzene rings is 1. The molecule has 1 unspecified atom stereocenters. The predicted molar refractivity (Wildman–Crippen MR) is 81.4 cm³/mol. The molecule has 1 rings (SSSR count). The van der Waals surface area contributed by atoms with E-state index in [9.17, 15) is 0 Å². The van der Waals surface area contributed by atoms with E-state index >= 15 is 0 Å². The molecule has 1 aromatic carbocycles. The molecule has 0 aromatic heterocycles. The van der Waals surface area contributed by atoms with Gasteiger partial charge in [-0.15, -0.1) is 0 Å². The average molecular weight is 248 g/mol. The van der Waals surface area contributed by atoms with Crippen LogP contribution < -0.4 is 10.2 Å². The van der Waals surface area contributed by atoms with Gasteiger partial charge in [-0.05, 0) is 52.3 Å². The second kappa shape index (κ2) is 8.15. The van der Waals surface area contributed by atoms with E-state index < -0.39 is 0 Å². The largest absolute Gasteiger partial charge is 0.372 e. The number of rotatable bonds is 8. The zero-order valence-corrected chi connectivity index (χ0v) is 12.4. The molecule has 0 radical (unpaired) electrons. The summed E-state index contributed by atoms with van der Waals surface area (Å²) in [4.78, 5) is 2.45. The van der Waals surface area contributed by atoms with E-state index in [4.69, 9.17) is 0 Å². The topological polar surface area (TPSA) is 15.3 Å². The van der Waals surface area contributed by atoms with Crippen LogP contribution in [0.15, 0.2) is 24.3 Å². The molecule has 2 heteroatoms. The van der Waals surface area contributed by atoms with Crippen molar-refractivity contribution < 1.29 is 0 Å². The van der Waals surface area contributed by atoms with E-state index in [1.807, 2.05) is 0 Å². The maximum atomic E-state index is 3.55. The lowest BCUT2D eigenvalue weighted by atomic mass is 10.2. The summed E-state index contributed by atoms with van der Waals surface area (Å²) in [6, 6.07) is 9.43. The molecule has 2 nitrogen and oxygen atoms in total. The van der Waals surface area contributed by atoms with Gasteiger partial charge in [-0.2, -0.15) is 0 Å². The first-order valence-corrected chi connectivity index (χ1v) is 7.22. The molecular formula is C16H28N2. The molecule has 0 bridgehead atoms. The van der Waals surface area contributed by atoms with Crippen LogP contribution in [0.25, 0.3) is 0 Å². The molecule has 0 saturated carbocycles. The normalized spacial score (nSPS) is 12.4. The molecule has 0 heterocycles. The van der Waals surface area contributed by atoms with Crippen molar-refractivity contribution >= 4 is 5.69 Å². The van der Waals surface area contributed by atoms with E-state index in [2.05, 4.69) is 62.2 Å². The SMILES string of the molecule is CCCNC(C)CCN(CC)c1ccc(C)cc1. The standard InChI is InChI=1S/C16H28N2/c1-5-12-17-15(4)11-13-18(6-2)16-9-7-14(3)8-10-16/h7-10,15,17H,5-6,11-13H2,1-4H3. The first kappa shape index (κ1) is 15.0. The second-order valence-electron chi connectivity index (χ2n) is 5.06. The number of aryl methyl sites for hydroxylation is 1. The van der Waals surface area contributed by atoms with Crippen LogP contribution in [-0.4, -0.2) is 25.7 Å². The van der Waals surface area contributed by atoms with Crippen molar-refractivity contribution in [3.05, 3.63) is 29.8 Å². The zero-order valence-electron chi connectivity index (χ0n) is 12.4. The van der Waals surface area contributed by atoms with E-state index in [-0.39, 0.29) is 0 Å². The molecule has 0 aliphatic heterocycles. The van der Waals surface area contributed by atoms with Crippen LogP contribution in [0, 0.1) is 6.92 Å². The van der Waals surface area contributed by atoms with E-state index in [0.29, 0.717) is 6.04 Å². The van der Waals surface area contributed by atoms with E-state index in [0.717, 1.165) is 19.6 Å². The fraction of sp³-hybridized carbons (Fsp3) is 0.625. The van der Waals surface area contributed by atoms with Crippen LogP contribution in [0.2, 0.25) is 0 Å².